The zero-order chi connectivity index (χ0) is 13.9. The SMILES string of the molecule is CC1CCC(Nc2ccccc2-n2ccnc2)C(C)C1. The van der Waals surface area contributed by atoms with Gasteiger partial charge in [0.1, 0.15) is 0 Å². The molecule has 1 aromatic carbocycles. The highest BCUT2D eigenvalue weighted by atomic mass is 15.1. The summed E-state index contributed by atoms with van der Waals surface area (Å²) in [5.74, 6) is 1.60. The summed E-state index contributed by atoms with van der Waals surface area (Å²) in [6.45, 7) is 4.74. The second kappa shape index (κ2) is 5.70. The Bertz CT molecular complexity index is 547. The zero-order valence-electron chi connectivity index (χ0n) is 12.3. The van der Waals surface area contributed by atoms with Crippen LogP contribution in [0.15, 0.2) is 43.0 Å². The van der Waals surface area contributed by atoms with E-state index in [0.29, 0.717) is 6.04 Å². The lowest BCUT2D eigenvalue weighted by molar-refractivity contribution is 0.276. The Morgan fingerprint density at radius 2 is 2.05 bits per heavy atom. The van der Waals surface area contributed by atoms with Crippen molar-refractivity contribution < 1.29 is 0 Å². The first-order chi connectivity index (χ1) is 9.74. The smallest absolute Gasteiger partial charge is 0.0992 e. The fraction of sp³-hybridized carbons (Fsp3) is 0.471. The number of hydrogen-bond donors (Lipinski definition) is 1. The largest absolute Gasteiger partial charge is 0.380 e. The molecule has 1 heterocycles. The number of para-hydroxylation sites is 2. The maximum absolute atomic E-state index is 4.15. The maximum Gasteiger partial charge on any atom is 0.0992 e. The minimum Gasteiger partial charge on any atom is -0.380 e. The van der Waals surface area contributed by atoms with Crippen molar-refractivity contribution in [3.05, 3.63) is 43.0 Å². The molecule has 0 saturated heterocycles. The third-order valence-corrected chi connectivity index (χ3v) is 4.46. The van der Waals surface area contributed by atoms with Crippen LogP contribution in [0.4, 0.5) is 5.69 Å². The number of nitrogens with one attached hydrogen (secondary N) is 1. The minimum absolute atomic E-state index is 0.580. The van der Waals surface area contributed by atoms with E-state index in [4.69, 9.17) is 0 Å². The van der Waals surface area contributed by atoms with Crippen LogP contribution in [-0.2, 0) is 0 Å². The van der Waals surface area contributed by atoms with Gasteiger partial charge in [-0.15, -0.1) is 0 Å². The molecule has 1 aliphatic rings. The van der Waals surface area contributed by atoms with Gasteiger partial charge in [0.25, 0.3) is 0 Å². The maximum atomic E-state index is 4.15. The van der Waals surface area contributed by atoms with Crippen molar-refractivity contribution in [2.75, 3.05) is 5.32 Å². The van der Waals surface area contributed by atoms with Crippen molar-refractivity contribution in [1.82, 2.24) is 9.55 Å². The van der Waals surface area contributed by atoms with E-state index >= 15 is 0 Å². The average molecular weight is 269 g/mol. The number of hydrogen-bond acceptors (Lipinski definition) is 2. The van der Waals surface area contributed by atoms with Crippen LogP contribution in [0.25, 0.3) is 5.69 Å². The van der Waals surface area contributed by atoms with Gasteiger partial charge in [0.15, 0.2) is 0 Å². The summed E-state index contributed by atoms with van der Waals surface area (Å²) < 4.78 is 2.07. The standard InChI is InChI=1S/C17H23N3/c1-13-7-8-15(14(2)11-13)19-16-5-3-4-6-17(16)20-10-9-18-12-20/h3-6,9-10,12-15,19H,7-8,11H2,1-2H3. The molecule has 0 amide bonds. The van der Waals surface area contributed by atoms with Gasteiger partial charge in [0.05, 0.1) is 17.7 Å². The fourth-order valence-electron chi connectivity index (χ4n) is 3.30. The second-order valence-electron chi connectivity index (χ2n) is 6.13. The van der Waals surface area contributed by atoms with Gasteiger partial charge in [-0.3, -0.25) is 0 Å². The highest BCUT2D eigenvalue weighted by Gasteiger charge is 2.25. The second-order valence-corrected chi connectivity index (χ2v) is 6.13. The molecule has 0 aliphatic heterocycles. The monoisotopic (exact) mass is 269 g/mol. The van der Waals surface area contributed by atoms with Gasteiger partial charge in [-0.2, -0.15) is 0 Å². The molecular formula is C17H23N3. The lowest BCUT2D eigenvalue weighted by atomic mass is 9.80. The van der Waals surface area contributed by atoms with Crippen LogP contribution in [0.3, 0.4) is 0 Å². The number of anilines is 1. The Hall–Kier alpha value is -1.77. The molecule has 20 heavy (non-hydrogen) atoms. The van der Waals surface area contributed by atoms with E-state index in [2.05, 4.69) is 53.0 Å². The lowest BCUT2D eigenvalue weighted by Crippen LogP contribution is -2.33. The van der Waals surface area contributed by atoms with Gasteiger partial charge in [-0.1, -0.05) is 26.0 Å². The van der Waals surface area contributed by atoms with Gasteiger partial charge in [0.2, 0.25) is 0 Å². The fourth-order valence-corrected chi connectivity index (χ4v) is 3.30. The molecule has 3 unspecified atom stereocenters. The van der Waals surface area contributed by atoms with Crippen LogP contribution < -0.4 is 5.32 Å². The van der Waals surface area contributed by atoms with Crippen LogP contribution >= 0.6 is 0 Å². The van der Waals surface area contributed by atoms with Crippen LogP contribution in [-0.4, -0.2) is 15.6 Å². The third-order valence-electron chi connectivity index (χ3n) is 4.46. The summed E-state index contributed by atoms with van der Waals surface area (Å²) in [6.07, 6.45) is 9.59. The van der Waals surface area contributed by atoms with E-state index in [-0.39, 0.29) is 0 Å². The van der Waals surface area contributed by atoms with E-state index in [1.54, 1.807) is 0 Å². The summed E-state index contributed by atoms with van der Waals surface area (Å²) in [7, 11) is 0. The predicted octanol–water partition coefficient (Wildman–Crippen LogP) is 4.11. The van der Waals surface area contributed by atoms with E-state index in [9.17, 15) is 0 Å². The highest BCUT2D eigenvalue weighted by Crippen LogP contribution is 2.32. The summed E-state index contributed by atoms with van der Waals surface area (Å²) >= 11 is 0. The van der Waals surface area contributed by atoms with Gasteiger partial charge < -0.3 is 9.88 Å². The number of nitrogens with zero attached hydrogens (tertiary/aromatic N) is 2. The Kier molecular flexibility index (Phi) is 3.77. The first kappa shape index (κ1) is 13.2. The van der Waals surface area contributed by atoms with Crippen molar-refractivity contribution in [2.24, 2.45) is 11.8 Å². The third kappa shape index (κ3) is 2.72. The van der Waals surface area contributed by atoms with Gasteiger partial charge in [0, 0.05) is 18.4 Å². The topological polar surface area (TPSA) is 29.9 Å². The summed E-state index contributed by atoms with van der Waals surface area (Å²) in [5.41, 5.74) is 2.38. The van der Waals surface area contributed by atoms with E-state index < -0.39 is 0 Å². The molecule has 3 nitrogen and oxygen atoms in total. The summed E-state index contributed by atoms with van der Waals surface area (Å²) in [4.78, 5) is 4.15. The first-order valence-corrected chi connectivity index (χ1v) is 7.58. The number of rotatable bonds is 3. The molecular weight excluding hydrogens is 246 g/mol. The van der Waals surface area contributed by atoms with E-state index in [0.717, 1.165) is 11.8 Å². The molecule has 1 aromatic heterocycles. The number of benzene rings is 1. The molecule has 1 fully saturated rings. The Labute approximate surface area is 121 Å². The Balaban J connectivity index is 1.81. The first-order valence-electron chi connectivity index (χ1n) is 7.58. The normalized spacial score (nSPS) is 26.4. The van der Waals surface area contributed by atoms with E-state index in [1.165, 1.54) is 30.6 Å². The highest BCUT2D eigenvalue weighted by molar-refractivity contribution is 5.61. The summed E-state index contributed by atoms with van der Waals surface area (Å²) in [5, 5.41) is 3.76. The molecule has 2 aromatic rings. The molecule has 106 valence electrons. The average Bonchev–Trinajstić information content (AvgIpc) is 2.96. The number of imidazole rings is 1. The van der Waals surface area contributed by atoms with Crippen molar-refractivity contribution in [3.8, 4) is 5.69 Å². The minimum atomic E-state index is 0.580. The van der Waals surface area contributed by atoms with Gasteiger partial charge in [-0.25, -0.2) is 4.98 Å². The Morgan fingerprint density at radius 1 is 1.20 bits per heavy atom. The van der Waals surface area contributed by atoms with Crippen LogP contribution in [0.5, 0.6) is 0 Å². The van der Waals surface area contributed by atoms with Crippen LogP contribution in [0, 0.1) is 11.8 Å². The molecule has 0 radical (unpaired) electrons. The van der Waals surface area contributed by atoms with Crippen molar-refractivity contribution in [2.45, 2.75) is 39.2 Å². The lowest BCUT2D eigenvalue weighted by Gasteiger charge is -2.34. The quantitative estimate of drug-likeness (QED) is 0.908. The zero-order valence-corrected chi connectivity index (χ0v) is 12.3. The molecule has 0 spiro atoms. The van der Waals surface area contributed by atoms with Crippen LogP contribution in [0.2, 0.25) is 0 Å². The van der Waals surface area contributed by atoms with Gasteiger partial charge in [-0.05, 0) is 43.2 Å². The molecule has 3 heteroatoms. The summed E-state index contributed by atoms with van der Waals surface area (Å²) in [6, 6.07) is 9.06. The molecule has 1 saturated carbocycles. The Morgan fingerprint density at radius 3 is 2.80 bits per heavy atom. The van der Waals surface area contributed by atoms with E-state index in [1.807, 2.05) is 18.7 Å². The number of aromatic nitrogens is 2. The molecule has 0 bridgehead atoms. The molecule has 3 rings (SSSR count). The molecule has 1 N–H and O–H groups in total. The van der Waals surface area contributed by atoms with Crippen molar-refractivity contribution in [1.29, 1.82) is 0 Å². The predicted molar refractivity (Wildman–Crippen MR) is 83.2 cm³/mol. The molecule has 1 aliphatic carbocycles. The van der Waals surface area contributed by atoms with Crippen molar-refractivity contribution in [3.63, 3.8) is 0 Å². The van der Waals surface area contributed by atoms with Crippen LogP contribution in [0.1, 0.15) is 33.1 Å². The molecule has 3 atom stereocenters. The van der Waals surface area contributed by atoms with Gasteiger partial charge >= 0.3 is 0 Å². The van der Waals surface area contributed by atoms with Crippen molar-refractivity contribution >= 4 is 5.69 Å².